The number of hydrogen-bond donors (Lipinski definition) is 4. The number of hydrogen-bond acceptors (Lipinski definition) is 12. The molecule has 15 heteroatoms. The Bertz CT molecular complexity index is 1410. The Morgan fingerprint density at radius 2 is 1.70 bits per heavy atom. The quantitative estimate of drug-likeness (QED) is 0.229. The van der Waals surface area contributed by atoms with Crippen molar-refractivity contribution in [2.45, 2.75) is 65.1 Å². The molecule has 0 radical (unpaired) electrons. The summed E-state index contributed by atoms with van der Waals surface area (Å²) >= 11 is 3.41. The molecule has 214 valence electrons. The SMILES string of the molecule is CC(C)OC(=O)[C@H](F)C[C@H](NC(=O)c1ccc(NCc2cnc3nc(N)nc(N)c3n2)c(Br)c1)C(=O)OC(C)C. The molecule has 1 aromatic carbocycles. The zero-order valence-electron chi connectivity index (χ0n) is 22.3. The average molecular weight is 621 g/mol. The lowest BCUT2D eigenvalue weighted by Crippen LogP contribution is -2.45. The summed E-state index contributed by atoms with van der Waals surface area (Å²) in [6, 6.07) is 3.24. The molecule has 0 unspecified atom stereocenters. The largest absolute Gasteiger partial charge is 0.461 e. The number of amides is 1. The second-order valence-corrected chi connectivity index (χ2v) is 10.1. The molecule has 0 fully saturated rings. The normalized spacial score (nSPS) is 12.7. The Balaban J connectivity index is 1.70. The van der Waals surface area contributed by atoms with E-state index in [1.54, 1.807) is 33.8 Å². The summed E-state index contributed by atoms with van der Waals surface area (Å²) in [4.78, 5) is 53.9. The fourth-order valence-electron chi connectivity index (χ4n) is 3.43. The molecule has 2 atom stereocenters. The third kappa shape index (κ3) is 8.18. The fourth-order valence-corrected chi connectivity index (χ4v) is 3.95. The van der Waals surface area contributed by atoms with E-state index in [9.17, 15) is 18.8 Å². The van der Waals surface area contributed by atoms with Crippen LogP contribution in [0, 0.1) is 0 Å². The number of ether oxygens (including phenoxy) is 2. The molecule has 2 heterocycles. The number of carbonyl (C=O) groups is 3. The molecule has 6 N–H and O–H groups in total. The van der Waals surface area contributed by atoms with Crippen molar-refractivity contribution < 1.29 is 28.2 Å². The van der Waals surface area contributed by atoms with Gasteiger partial charge in [-0.05, 0) is 61.8 Å². The van der Waals surface area contributed by atoms with Crippen LogP contribution in [0.25, 0.3) is 11.2 Å². The molecule has 1 amide bonds. The number of esters is 2. The van der Waals surface area contributed by atoms with E-state index in [0.29, 0.717) is 21.4 Å². The van der Waals surface area contributed by atoms with Crippen molar-refractivity contribution in [1.82, 2.24) is 25.3 Å². The van der Waals surface area contributed by atoms with Gasteiger partial charge < -0.3 is 31.6 Å². The maximum Gasteiger partial charge on any atom is 0.341 e. The van der Waals surface area contributed by atoms with Gasteiger partial charge in [0.15, 0.2) is 23.2 Å². The van der Waals surface area contributed by atoms with E-state index in [0.717, 1.165) is 0 Å². The molecule has 0 saturated heterocycles. The van der Waals surface area contributed by atoms with Gasteiger partial charge in [-0.3, -0.25) is 4.79 Å². The number of benzene rings is 1. The number of nitrogen functional groups attached to an aromatic ring is 2. The molecule has 2 aromatic heterocycles. The highest BCUT2D eigenvalue weighted by Gasteiger charge is 2.32. The van der Waals surface area contributed by atoms with Crippen LogP contribution in [0.4, 0.5) is 21.8 Å². The van der Waals surface area contributed by atoms with Gasteiger partial charge in [0.05, 0.1) is 30.6 Å². The second-order valence-electron chi connectivity index (χ2n) is 9.25. The number of aromatic nitrogens is 4. The van der Waals surface area contributed by atoms with Crippen molar-refractivity contribution in [2.75, 3.05) is 16.8 Å². The molecule has 0 spiro atoms. The molecule has 13 nitrogen and oxygen atoms in total. The summed E-state index contributed by atoms with van der Waals surface area (Å²) < 4.78 is 25.1. The van der Waals surface area contributed by atoms with Gasteiger partial charge in [-0.25, -0.2) is 23.9 Å². The first-order chi connectivity index (χ1) is 18.8. The van der Waals surface area contributed by atoms with Gasteiger partial charge in [-0.2, -0.15) is 9.97 Å². The van der Waals surface area contributed by atoms with E-state index in [1.165, 1.54) is 18.3 Å². The smallest absolute Gasteiger partial charge is 0.341 e. The lowest BCUT2D eigenvalue weighted by atomic mass is 10.1. The fraction of sp³-hybridized carbons (Fsp3) is 0.400. The Hall–Kier alpha value is -4.14. The van der Waals surface area contributed by atoms with E-state index in [-0.39, 0.29) is 29.5 Å². The summed E-state index contributed by atoms with van der Waals surface area (Å²) in [5.41, 5.74) is 13.4. The van der Waals surface area contributed by atoms with Crippen molar-refractivity contribution in [1.29, 1.82) is 0 Å². The Morgan fingerprint density at radius 3 is 2.35 bits per heavy atom. The van der Waals surface area contributed by atoms with Crippen LogP contribution in [-0.2, 0) is 25.6 Å². The van der Waals surface area contributed by atoms with Crippen LogP contribution in [0.5, 0.6) is 0 Å². The van der Waals surface area contributed by atoms with Crippen LogP contribution in [0.2, 0.25) is 0 Å². The van der Waals surface area contributed by atoms with Gasteiger partial charge >= 0.3 is 11.9 Å². The molecule has 0 aliphatic heterocycles. The molecule has 0 aliphatic carbocycles. The van der Waals surface area contributed by atoms with Gasteiger partial charge in [-0.15, -0.1) is 0 Å². The first-order valence-corrected chi connectivity index (χ1v) is 13.1. The standard InChI is InChI=1S/C25H30BrFN8O5/c1-11(2)39-23(37)16(27)8-18(24(38)40-12(3)4)33-22(36)13-5-6-17(15(26)7-13)30-9-14-10-31-21-19(32-14)20(28)34-25(29)35-21/h5-7,10-12,16,18,30H,8-9H2,1-4H3,(H,33,36)(H4,28,29,31,34,35)/t16-,18+/m1/s1. The molecule has 3 aromatic rings. The number of halogens is 2. The van der Waals surface area contributed by atoms with Crippen molar-refractivity contribution in [2.24, 2.45) is 0 Å². The topological polar surface area (TPSA) is 197 Å². The van der Waals surface area contributed by atoms with E-state index in [4.69, 9.17) is 20.9 Å². The summed E-state index contributed by atoms with van der Waals surface area (Å²) in [7, 11) is 0. The molecule has 3 rings (SSSR count). The van der Waals surface area contributed by atoms with Crippen LogP contribution >= 0.6 is 15.9 Å². The zero-order chi connectivity index (χ0) is 29.6. The molecule has 0 aliphatic rings. The van der Waals surface area contributed by atoms with Crippen LogP contribution in [0.15, 0.2) is 28.9 Å². The van der Waals surface area contributed by atoms with E-state index < -0.39 is 48.7 Å². The molecular weight excluding hydrogens is 591 g/mol. The predicted octanol–water partition coefficient (Wildman–Crippen LogP) is 2.69. The monoisotopic (exact) mass is 620 g/mol. The van der Waals surface area contributed by atoms with Crippen LogP contribution in [0.1, 0.15) is 50.2 Å². The van der Waals surface area contributed by atoms with Crippen LogP contribution < -0.4 is 22.1 Å². The minimum atomic E-state index is -2.14. The van der Waals surface area contributed by atoms with Crippen LogP contribution in [0.3, 0.4) is 0 Å². The maximum absolute atomic E-state index is 14.5. The molecular formula is C25H30BrFN8O5. The van der Waals surface area contributed by atoms with Gasteiger partial charge in [0.2, 0.25) is 5.95 Å². The number of nitrogens with two attached hydrogens (primary N) is 2. The number of alkyl halides is 1. The first-order valence-electron chi connectivity index (χ1n) is 12.3. The average Bonchev–Trinajstić information content (AvgIpc) is 2.86. The molecule has 0 saturated carbocycles. The zero-order valence-corrected chi connectivity index (χ0v) is 23.9. The summed E-state index contributed by atoms with van der Waals surface area (Å²) in [5, 5.41) is 5.62. The third-order valence-electron chi connectivity index (χ3n) is 5.18. The van der Waals surface area contributed by atoms with Crippen molar-refractivity contribution in [3.05, 3.63) is 40.1 Å². The summed E-state index contributed by atoms with van der Waals surface area (Å²) in [5.74, 6) is -2.55. The number of nitrogens with zero attached hydrogens (tertiary/aromatic N) is 4. The molecule has 0 bridgehead atoms. The lowest BCUT2D eigenvalue weighted by molar-refractivity contribution is -0.155. The van der Waals surface area contributed by atoms with Gasteiger partial charge in [-0.1, -0.05) is 0 Å². The van der Waals surface area contributed by atoms with E-state index >= 15 is 0 Å². The number of carbonyl (C=O) groups excluding carboxylic acids is 3. The second kappa shape index (κ2) is 13.3. The number of rotatable bonds is 11. The third-order valence-corrected chi connectivity index (χ3v) is 5.84. The minimum absolute atomic E-state index is 0.000453. The van der Waals surface area contributed by atoms with Gasteiger partial charge in [0.25, 0.3) is 5.91 Å². The maximum atomic E-state index is 14.5. The Kier molecular flexibility index (Phi) is 10.1. The highest BCUT2D eigenvalue weighted by molar-refractivity contribution is 9.10. The summed E-state index contributed by atoms with van der Waals surface area (Å²) in [6.07, 6.45) is -2.31. The first kappa shape index (κ1) is 30.4. The van der Waals surface area contributed by atoms with Crippen molar-refractivity contribution in [3.63, 3.8) is 0 Å². The highest BCUT2D eigenvalue weighted by Crippen LogP contribution is 2.25. The van der Waals surface area contributed by atoms with Crippen molar-refractivity contribution >= 4 is 62.4 Å². The van der Waals surface area contributed by atoms with Gasteiger partial charge in [0, 0.05) is 22.1 Å². The molecule has 40 heavy (non-hydrogen) atoms. The minimum Gasteiger partial charge on any atom is -0.461 e. The Labute approximate surface area is 237 Å². The number of anilines is 3. The highest BCUT2D eigenvalue weighted by atomic mass is 79.9. The summed E-state index contributed by atoms with van der Waals surface area (Å²) in [6.45, 7) is 6.63. The van der Waals surface area contributed by atoms with Crippen LogP contribution in [-0.4, -0.2) is 62.2 Å². The van der Waals surface area contributed by atoms with Crippen molar-refractivity contribution in [3.8, 4) is 0 Å². The van der Waals surface area contributed by atoms with E-state index in [1.807, 2.05) is 0 Å². The number of nitrogens with one attached hydrogen (secondary N) is 2. The van der Waals surface area contributed by atoms with E-state index in [2.05, 4.69) is 46.5 Å². The number of fused-ring (bicyclic) bond motifs is 1. The predicted molar refractivity (Wildman–Crippen MR) is 149 cm³/mol. The Morgan fingerprint density at radius 1 is 1.02 bits per heavy atom. The van der Waals surface area contributed by atoms with Gasteiger partial charge in [0.1, 0.15) is 6.04 Å². The lowest BCUT2D eigenvalue weighted by Gasteiger charge is -2.21.